The average Bonchev–Trinajstić information content (AvgIpc) is 2.73. The molecule has 1 saturated heterocycles. The molecule has 1 aromatic rings. The number of hydrogen-bond donors (Lipinski definition) is 1. The molecule has 7 nitrogen and oxygen atoms in total. The monoisotopic (exact) mass is 425 g/mol. The number of amides is 1. The summed E-state index contributed by atoms with van der Waals surface area (Å²) >= 11 is 0. The number of nitrogens with one attached hydrogen (secondary N) is 1. The van der Waals surface area contributed by atoms with Crippen LogP contribution in [0.1, 0.15) is 39.2 Å². The molecule has 1 amide bonds. The Balaban J connectivity index is 2.06. The van der Waals surface area contributed by atoms with Crippen molar-refractivity contribution in [3.63, 3.8) is 0 Å². The third-order valence-corrected chi connectivity index (χ3v) is 6.93. The van der Waals surface area contributed by atoms with E-state index in [0.717, 1.165) is 25.1 Å². The van der Waals surface area contributed by atoms with Crippen LogP contribution >= 0.6 is 0 Å². The Labute approximate surface area is 175 Å². The summed E-state index contributed by atoms with van der Waals surface area (Å²) < 4.78 is 33.4. The van der Waals surface area contributed by atoms with Crippen LogP contribution < -0.4 is 5.32 Å². The van der Waals surface area contributed by atoms with E-state index >= 15 is 0 Å². The highest BCUT2D eigenvalue weighted by Crippen LogP contribution is 2.18. The molecule has 1 aliphatic heterocycles. The van der Waals surface area contributed by atoms with Gasteiger partial charge in [-0.1, -0.05) is 19.1 Å². The van der Waals surface area contributed by atoms with Crippen LogP contribution in [0.3, 0.4) is 0 Å². The van der Waals surface area contributed by atoms with Gasteiger partial charge in [0.25, 0.3) is 0 Å². The number of rotatable bonds is 11. The molecule has 1 N–H and O–H groups in total. The maximum Gasteiger partial charge on any atom is 0.243 e. The zero-order valence-electron chi connectivity index (χ0n) is 17.9. The van der Waals surface area contributed by atoms with E-state index in [1.54, 1.807) is 17.0 Å². The predicted octanol–water partition coefficient (Wildman–Crippen LogP) is 1.88. The molecule has 0 saturated carbocycles. The number of carbonyl (C=O) groups is 1. The molecule has 0 unspecified atom stereocenters. The predicted molar refractivity (Wildman–Crippen MR) is 114 cm³/mol. The largest absolute Gasteiger partial charge is 0.379 e. The first-order valence-corrected chi connectivity index (χ1v) is 12.0. The smallest absolute Gasteiger partial charge is 0.243 e. The molecule has 1 aromatic carbocycles. The van der Waals surface area contributed by atoms with Crippen LogP contribution in [-0.2, 0) is 26.0 Å². The SMILES string of the molecule is CCc1ccc(S(=O)(=O)N(CCCOC(C)C)CCC(=O)N2CCNCC2)cc1. The molecular formula is C21H35N3O4S. The molecule has 1 aliphatic rings. The van der Waals surface area contributed by atoms with Crippen molar-refractivity contribution in [1.82, 2.24) is 14.5 Å². The van der Waals surface area contributed by atoms with E-state index < -0.39 is 10.0 Å². The van der Waals surface area contributed by atoms with Gasteiger partial charge in [0.05, 0.1) is 11.0 Å². The van der Waals surface area contributed by atoms with Crippen LogP contribution in [0.5, 0.6) is 0 Å². The van der Waals surface area contributed by atoms with Crippen LogP contribution in [0.2, 0.25) is 0 Å². The quantitative estimate of drug-likeness (QED) is 0.548. The molecular weight excluding hydrogens is 390 g/mol. The van der Waals surface area contributed by atoms with E-state index in [-0.39, 0.29) is 29.9 Å². The zero-order chi connectivity index (χ0) is 21.3. The molecule has 0 atom stereocenters. The molecule has 8 heteroatoms. The average molecular weight is 426 g/mol. The van der Waals surface area contributed by atoms with E-state index in [4.69, 9.17) is 4.74 Å². The summed E-state index contributed by atoms with van der Waals surface area (Å²) in [5, 5.41) is 3.22. The molecule has 0 aliphatic carbocycles. The standard InChI is InChI=1S/C21H35N3O4S/c1-4-19-6-8-20(9-7-19)29(26,27)24(13-5-17-28-18(2)3)14-10-21(25)23-15-11-22-12-16-23/h6-9,18,22H,4-5,10-17H2,1-3H3. The van der Waals surface area contributed by atoms with E-state index in [1.807, 2.05) is 32.9 Å². The zero-order valence-corrected chi connectivity index (χ0v) is 18.7. The van der Waals surface area contributed by atoms with Gasteiger partial charge < -0.3 is 15.0 Å². The van der Waals surface area contributed by atoms with Gasteiger partial charge in [0, 0.05) is 52.3 Å². The van der Waals surface area contributed by atoms with Crippen LogP contribution in [0.25, 0.3) is 0 Å². The van der Waals surface area contributed by atoms with Gasteiger partial charge in [0.15, 0.2) is 0 Å². The lowest BCUT2D eigenvalue weighted by molar-refractivity contribution is -0.131. The second kappa shape index (κ2) is 11.6. The maximum absolute atomic E-state index is 13.2. The number of carbonyl (C=O) groups excluding carboxylic acids is 1. The summed E-state index contributed by atoms with van der Waals surface area (Å²) in [4.78, 5) is 14.6. The van der Waals surface area contributed by atoms with Crippen molar-refractivity contribution in [3.8, 4) is 0 Å². The number of piperazine rings is 1. The van der Waals surface area contributed by atoms with Crippen LogP contribution in [-0.4, -0.2) is 75.5 Å². The van der Waals surface area contributed by atoms with Crippen LogP contribution in [0.4, 0.5) is 0 Å². The van der Waals surface area contributed by atoms with E-state index in [9.17, 15) is 13.2 Å². The van der Waals surface area contributed by atoms with Gasteiger partial charge in [0.2, 0.25) is 15.9 Å². The number of ether oxygens (including phenoxy) is 1. The first-order valence-electron chi connectivity index (χ1n) is 10.5. The van der Waals surface area contributed by atoms with Crippen molar-refractivity contribution < 1.29 is 17.9 Å². The Hall–Kier alpha value is -1.48. The Morgan fingerprint density at radius 2 is 1.83 bits per heavy atom. The highest BCUT2D eigenvalue weighted by Gasteiger charge is 2.26. The van der Waals surface area contributed by atoms with E-state index in [1.165, 1.54) is 4.31 Å². The number of aryl methyl sites for hydroxylation is 1. The van der Waals surface area contributed by atoms with Crippen molar-refractivity contribution in [1.29, 1.82) is 0 Å². The van der Waals surface area contributed by atoms with Crippen LogP contribution in [0.15, 0.2) is 29.2 Å². The van der Waals surface area contributed by atoms with Gasteiger partial charge >= 0.3 is 0 Å². The minimum Gasteiger partial charge on any atom is -0.379 e. The van der Waals surface area contributed by atoms with Crippen molar-refractivity contribution in [3.05, 3.63) is 29.8 Å². The molecule has 1 fully saturated rings. The van der Waals surface area contributed by atoms with Crippen molar-refractivity contribution in [2.75, 3.05) is 45.9 Å². The van der Waals surface area contributed by atoms with Gasteiger partial charge in [-0.2, -0.15) is 4.31 Å². The number of benzene rings is 1. The fourth-order valence-electron chi connectivity index (χ4n) is 3.25. The van der Waals surface area contributed by atoms with Crippen molar-refractivity contribution in [2.24, 2.45) is 0 Å². The minimum atomic E-state index is -3.66. The van der Waals surface area contributed by atoms with Gasteiger partial charge in [-0.25, -0.2) is 8.42 Å². The summed E-state index contributed by atoms with van der Waals surface area (Å²) in [7, 11) is -3.66. The Morgan fingerprint density at radius 1 is 1.17 bits per heavy atom. The van der Waals surface area contributed by atoms with Gasteiger partial charge in [0.1, 0.15) is 0 Å². The van der Waals surface area contributed by atoms with Gasteiger partial charge in [-0.3, -0.25) is 4.79 Å². The fraction of sp³-hybridized carbons (Fsp3) is 0.667. The molecule has 164 valence electrons. The molecule has 0 radical (unpaired) electrons. The second-order valence-electron chi connectivity index (χ2n) is 7.56. The Bertz CT molecular complexity index is 729. The van der Waals surface area contributed by atoms with E-state index in [0.29, 0.717) is 32.7 Å². The molecule has 0 spiro atoms. The van der Waals surface area contributed by atoms with Crippen molar-refractivity contribution in [2.45, 2.75) is 51.0 Å². The van der Waals surface area contributed by atoms with Crippen LogP contribution in [0, 0.1) is 0 Å². The number of nitrogens with zero attached hydrogens (tertiary/aromatic N) is 2. The molecule has 0 aromatic heterocycles. The topological polar surface area (TPSA) is 79.0 Å². The third-order valence-electron chi connectivity index (χ3n) is 5.02. The summed E-state index contributed by atoms with van der Waals surface area (Å²) in [6, 6.07) is 7.01. The highest BCUT2D eigenvalue weighted by atomic mass is 32.2. The minimum absolute atomic E-state index is 0.00598. The molecule has 0 bridgehead atoms. The summed E-state index contributed by atoms with van der Waals surface area (Å²) in [6.45, 7) is 9.86. The lowest BCUT2D eigenvalue weighted by atomic mass is 10.2. The summed E-state index contributed by atoms with van der Waals surface area (Å²) in [6.07, 6.45) is 1.75. The number of sulfonamides is 1. The summed E-state index contributed by atoms with van der Waals surface area (Å²) in [5.41, 5.74) is 1.09. The number of hydrogen-bond acceptors (Lipinski definition) is 5. The molecule has 2 rings (SSSR count). The molecule has 1 heterocycles. The Kier molecular flexibility index (Phi) is 9.55. The Morgan fingerprint density at radius 3 is 2.41 bits per heavy atom. The summed E-state index contributed by atoms with van der Waals surface area (Å²) in [5.74, 6) is 0.00598. The normalized spacial score (nSPS) is 15.3. The first-order chi connectivity index (χ1) is 13.8. The van der Waals surface area contributed by atoms with E-state index in [2.05, 4.69) is 5.32 Å². The first kappa shape index (κ1) is 23.8. The van der Waals surface area contributed by atoms with Crippen molar-refractivity contribution >= 4 is 15.9 Å². The lowest BCUT2D eigenvalue weighted by Gasteiger charge is -2.29. The van der Waals surface area contributed by atoms with Gasteiger partial charge in [-0.05, 0) is 44.4 Å². The molecule has 29 heavy (non-hydrogen) atoms. The third kappa shape index (κ3) is 7.37. The fourth-order valence-corrected chi connectivity index (χ4v) is 4.73. The van der Waals surface area contributed by atoms with Gasteiger partial charge in [-0.15, -0.1) is 0 Å². The lowest BCUT2D eigenvalue weighted by Crippen LogP contribution is -2.47. The maximum atomic E-state index is 13.2. The second-order valence-corrected chi connectivity index (χ2v) is 9.49. The highest BCUT2D eigenvalue weighted by molar-refractivity contribution is 7.89.